The minimum Gasteiger partial charge on any atom is -0.496 e. The van der Waals surface area contributed by atoms with Crippen LogP contribution in [0.3, 0.4) is 0 Å². The lowest BCUT2D eigenvalue weighted by atomic mass is 10.0. The van der Waals surface area contributed by atoms with Crippen LogP contribution in [0.2, 0.25) is 0 Å². The number of anilines is 1. The summed E-state index contributed by atoms with van der Waals surface area (Å²) in [5.41, 5.74) is 1.96. The van der Waals surface area contributed by atoms with E-state index in [-0.39, 0.29) is 0 Å². The fourth-order valence-corrected chi connectivity index (χ4v) is 2.68. The lowest BCUT2D eigenvalue weighted by Crippen LogP contribution is -2.23. The third-order valence-electron chi connectivity index (χ3n) is 3.88. The van der Waals surface area contributed by atoms with Crippen LogP contribution in [-0.4, -0.2) is 26.2 Å². The number of ether oxygens (including phenoxy) is 2. The lowest BCUT2D eigenvalue weighted by Gasteiger charge is -2.25. The maximum atomic E-state index is 11.8. The Kier molecular flexibility index (Phi) is 5.27. The van der Waals surface area contributed by atoms with E-state index in [0.29, 0.717) is 5.75 Å². The molecule has 0 bridgehead atoms. The number of carbonyl (C=O) groups is 1. The molecule has 0 saturated carbocycles. The van der Waals surface area contributed by atoms with Gasteiger partial charge in [-0.2, -0.15) is 0 Å². The fraction of sp³-hybridized carbons (Fsp3) is 0.316. The normalized spacial score (nSPS) is 10.4. The van der Waals surface area contributed by atoms with Crippen LogP contribution in [0.4, 0.5) is 5.69 Å². The lowest BCUT2D eigenvalue weighted by molar-refractivity contribution is -0.128. The second-order valence-corrected chi connectivity index (χ2v) is 5.27. The van der Waals surface area contributed by atoms with Gasteiger partial charge in [0.2, 0.25) is 0 Å². The van der Waals surface area contributed by atoms with Gasteiger partial charge in [-0.3, -0.25) is 0 Å². The minimum atomic E-state index is -0.467. The molecule has 0 atom stereocenters. The largest absolute Gasteiger partial charge is 0.496 e. The first-order valence-corrected chi connectivity index (χ1v) is 7.76. The van der Waals surface area contributed by atoms with E-state index >= 15 is 0 Å². The summed E-state index contributed by atoms with van der Waals surface area (Å²) in [6, 6.07) is 7.93. The van der Waals surface area contributed by atoms with E-state index in [4.69, 9.17) is 9.47 Å². The average Bonchev–Trinajstić information content (AvgIpc) is 2.56. The Bertz CT molecular complexity index is 733. The molecule has 0 N–H and O–H groups in total. The third kappa shape index (κ3) is 3.31. The van der Waals surface area contributed by atoms with Gasteiger partial charge in [0.05, 0.1) is 12.8 Å². The van der Waals surface area contributed by atoms with E-state index in [1.54, 1.807) is 7.11 Å². The SMILES string of the molecule is C=CC(=O)Oc1c(N(CC)CC)cc(OC)c2cc(C)ccc12. The highest BCUT2D eigenvalue weighted by molar-refractivity contribution is 6.01. The van der Waals surface area contributed by atoms with Crippen molar-refractivity contribution in [3.63, 3.8) is 0 Å². The Hall–Kier alpha value is -2.49. The van der Waals surface area contributed by atoms with Gasteiger partial charge < -0.3 is 14.4 Å². The molecule has 4 nitrogen and oxygen atoms in total. The number of hydrogen-bond donors (Lipinski definition) is 0. The Labute approximate surface area is 137 Å². The average molecular weight is 313 g/mol. The number of fused-ring (bicyclic) bond motifs is 1. The monoisotopic (exact) mass is 313 g/mol. The summed E-state index contributed by atoms with van der Waals surface area (Å²) < 4.78 is 11.1. The van der Waals surface area contributed by atoms with Crippen molar-refractivity contribution in [1.82, 2.24) is 0 Å². The number of rotatable bonds is 6. The molecule has 0 heterocycles. The quantitative estimate of drug-likeness (QED) is 0.457. The first-order chi connectivity index (χ1) is 11.0. The molecule has 0 aliphatic heterocycles. The number of benzene rings is 2. The summed E-state index contributed by atoms with van der Waals surface area (Å²) in [7, 11) is 1.65. The molecule has 4 heteroatoms. The van der Waals surface area contributed by atoms with Crippen molar-refractivity contribution in [2.75, 3.05) is 25.1 Å². The van der Waals surface area contributed by atoms with Crippen molar-refractivity contribution in [2.24, 2.45) is 0 Å². The van der Waals surface area contributed by atoms with Crippen molar-refractivity contribution in [1.29, 1.82) is 0 Å². The predicted molar refractivity (Wildman–Crippen MR) is 94.6 cm³/mol. The Morgan fingerprint density at radius 3 is 2.48 bits per heavy atom. The molecule has 0 aliphatic rings. The summed E-state index contributed by atoms with van der Waals surface area (Å²) in [6.45, 7) is 11.2. The van der Waals surface area contributed by atoms with Crippen LogP contribution in [0.1, 0.15) is 19.4 Å². The molecule has 0 amide bonds. The van der Waals surface area contributed by atoms with E-state index in [0.717, 1.165) is 40.9 Å². The van der Waals surface area contributed by atoms with E-state index in [2.05, 4.69) is 25.3 Å². The zero-order valence-corrected chi connectivity index (χ0v) is 14.2. The Morgan fingerprint density at radius 1 is 1.22 bits per heavy atom. The zero-order valence-electron chi connectivity index (χ0n) is 14.2. The first-order valence-electron chi connectivity index (χ1n) is 7.76. The standard InChI is InChI=1S/C19H23NO3/c1-6-18(21)23-19-14-10-9-13(4)11-15(14)17(22-5)12-16(19)20(7-2)8-3/h6,9-12H,1,7-8H2,2-5H3. The van der Waals surface area contributed by atoms with Gasteiger partial charge in [-0.15, -0.1) is 0 Å². The second-order valence-electron chi connectivity index (χ2n) is 5.27. The smallest absolute Gasteiger partial charge is 0.335 e. The minimum absolute atomic E-state index is 0.467. The summed E-state index contributed by atoms with van der Waals surface area (Å²) in [4.78, 5) is 13.9. The topological polar surface area (TPSA) is 38.8 Å². The molecule has 2 aromatic carbocycles. The van der Waals surface area contributed by atoms with Gasteiger partial charge in [0.25, 0.3) is 0 Å². The highest BCUT2D eigenvalue weighted by atomic mass is 16.5. The van der Waals surface area contributed by atoms with Crippen molar-refractivity contribution in [3.8, 4) is 11.5 Å². The molecule has 0 spiro atoms. The van der Waals surface area contributed by atoms with Crippen molar-refractivity contribution in [2.45, 2.75) is 20.8 Å². The number of aryl methyl sites for hydroxylation is 1. The molecule has 0 unspecified atom stereocenters. The predicted octanol–water partition coefficient (Wildman–Crippen LogP) is 4.09. The maximum absolute atomic E-state index is 11.8. The molecule has 2 aromatic rings. The van der Waals surface area contributed by atoms with Crippen LogP contribution in [0, 0.1) is 6.92 Å². The van der Waals surface area contributed by atoms with Crippen molar-refractivity contribution < 1.29 is 14.3 Å². The van der Waals surface area contributed by atoms with E-state index in [1.807, 2.05) is 31.2 Å². The van der Waals surface area contributed by atoms with Crippen LogP contribution >= 0.6 is 0 Å². The molecular formula is C19H23NO3. The molecule has 23 heavy (non-hydrogen) atoms. The van der Waals surface area contributed by atoms with Gasteiger partial charge in [0, 0.05) is 36.0 Å². The summed E-state index contributed by atoms with van der Waals surface area (Å²) in [6.07, 6.45) is 1.18. The molecule has 0 radical (unpaired) electrons. The second kappa shape index (κ2) is 7.18. The fourth-order valence-electron chi connectivity index (χ4n) is 2.68. The molecule has 0 aliphatic carbocycles. The highest BCUT2D eigenvalue weighted by Crippen LogP contribution is 2.42. The van der Waals surface area contributed by atoms with E-state index < -0.39 is 5.97 Å². The molecule has 0 saturated heterocycles. The molecule has 122 valence electrons. The number of hydrogen-bond acceptors (Lipinski definition) is 4. The molecule has 2 rings (SSSR count). The number of methoxy groups -OCH3 is 1. The Morgan fingerprint density at radius 2 is 1.91 bits per heavy atom. The number of carbonyl (C=O) groups excluding carboxylic acids is 1. The zero-order chi connectivity index (χ0) is 17.0. The highest BCUT2D eigenvalue weighted by Gasteiger charge is 2.19. The number of esters is 1. The van der Waals surface area contributed by atoms with Crippen molar-refractivity contribution in [3.05, 3.63) is 42.5 Å². The summed E-state index contributed by atoms with van der Waals surface area (Å²) in [5.74, 6) is 0.851. The number of nitrogens with zero attached hydrogens (tertiary/aromatic N) is 1. The van der Waals surface area contributed by atoms with Crippen LogP contribution < -0.4 is 14.4 Å². The van der Waals surface area contributed by atoms with Gasteiger partial charge in [-0.05, 0) is 26.8 Å². The van der Waals surface area contributed by atoms with Crippen LogP contribution in [0.5, 0.6) is 11.5 Å². The van der Waals surface area contributed by atoms with Crippen molar-refractivity contribution >= 4 is 22.4 Å². The van der Waals surface area contributed by atoms with Crippen LogP contribution in [0.15, 0.2) is 36.9 Å². The summed E-state index contributed by atoms with van der Waals surface area (Å²) in [5, 5.41) is 1.78. The third-order valence-corrected chi connectivity index (χ3v) is 3.88. The first kappa shape index (κ1) is 16.9. The molecule has 0 fully saturated rings. The molecular weight excluding hydrogens is 290 g/mol. The van der Waals surface area contributed by atoms with Gasteiger partial charge in [0.1, 0.15) is 5.75 Å². The van der Waals surface area contributed by atoms with Gasteiger partial charge in [-0.1, -0.05) is 24.3 Å². The molecule has 0 aromatic heterocycles. The van der Waals surface area contributed by atoms with Gasteiger partial charge in [0.15, 0.2) is 5.75 Å². The maximum Gasteiger partial charge on any atom is 0.335 e. The van der Waals surface area contributed by atoms with Gasteiger partial charge >= 0.3 is 5.97 Å². The van der Waals surface area contributed by atoms with Crippen LogP contribution in [0.25, 0.3) is 10.8 Å². The van der Waals surface area contributed by atoms with E-state index in [1.165, 1.54) is 6.08 Å². The Balaban J connectivity index is 2.80. The van der Waals surface area contributed by atoms with E-state index in [9.17, 15) is 4.79 Å². The summed E-state index contributed by atoms with van der Waals surface area (Å²) >= 11 is 0. The van der Waals surface area contributed by atoms with Crippen LogP contribution in [-0.2, 0) is 4.79 Å². The van der Waals surface area contributed by atoms with Gasteiger partial charge in [-0.25, -0.2) is 4.79 Å².